The molecule has 1 heterocycles. The Labute approximate surface area is 217 Å². The topological polar surface area (TPSA) is 95.8 Å². The van der Waals surface area contributed by atoms with E-state index in [0.29, 0.717) is 31.3 Å². The van der Waals surface area contributed by atoms with Crippen LogP contribution in [0.25, 0.3) is 0 Å². The van der Waals surface area contributed by atoms with E-state index in [1.807, 2.05) is 54.6 Å². The van der Waals surface area contributed by atoms with E-state index in [9.17, 15) is 8.42 Å². The van der Waals surface area contributed by atoms with E-state index in [4.69, 9.17) is 14.2 Å². The van der Waals surface area contributed by atoms with Gasteiger partial charge in [-0.3, -0.25) is 0 Å². The molecule has 0 atom stereocenters. The molecule has 0 bridgehead atoms. The van der Waals surface area contributed by atoms with Crippen molar-refractivity contribution in [2.24, 2.45) is 0 Å². The van der Waals surface area contributed by atoms with E-state index in [1.165, 1.54) is 15.3 Å². The third-order valence-corrected chi connectivity index (χ3v) is 7.28. The lowest BCUT2D eigenvalue weighted by Crippen LogP contribution is -2.31. The molecular weight excluding hydrogens is 492 g/mol. The van der Waals surface area contributed by atoms with Crippen LogP contribution in [0.5, 0.6) is 11.5 Å². The maximum absolute atomic E-state index is 13.6. The average Bonchev–Trinajstić information content (AvgIpc) is 3.42. The second-order valence-corrected chi connectivity index (χ2v) is 10.1. The minimum atomic E-state index is -3.99. The fourth-order valence-electron chi connectivity index (χ4n) is 3.64. The number of nitrogens with zero attached hydrogens (tertiary/aromatic N) is 4. The Balaban J connectivity index is 1.48. The predicted octanol–water partition coefficient (Wildman–Crippen LogP) is 3.90. The number of hydrogen-bond acceptors (Lipinski definition) is 7. The van der Waals surface area contributed by atoms with Gasteiger partial charge in [0.05, 0.1) is 34.0 Å². The number of rotatable bonds is 13. The van der Waals surface area contributed by atoms with Crippen molar-refractivity contribution in [2.45, 2.75) is 31.4 Å². The molecule has 0 radical (unpaired) electrons. The van der Waals surface area contributed by atoms with E-state index < -0.39 is 10.0 Å². The van der Waals surface area contributed by atoms with Crippen LogP contribution in [-0.2, 0) is 41.0 Å². The summed E-state index contributed by atoms with van der Waals surface area (Å²) >= 11 is 0. The van der Waals surface area contributed by atoms with Crippen LogP contribution in [0.2, 0.25) is 0 Å². The van der Waals surface area contributed by atoms with Gasteiger partial charge in [-0.25, -0.2) is 18.1 Å². The number of methoxy groups -OCH3 is 2. The van der Waals surface area contributed by atoms with Gasteiger partial charge in [-0.15, -0.1) is 5.10 Å². The molecule has 0 spiro atoms. The molecule has 0 unspecified atom stereocenters. The molecule has 1 aromatic heterocycles. The maximum Gasteiger partial charge on any atom is 0.282 e. The molecule has 0 saturated heterocycles. The van der Waals surface area contributed by atoms with Gasteiger partial charge in [0.25, 0.3) is 15.2 Å². The molecule has 0 fully saturated rings. The smallest absolute Gasteiger partial charge is 0.282 e. The Morgan fingerprint density at radius 1 is 0.784 bits per heavy atom. The number of ether oxygens (including phenoxy) is 3. The highest BCUT2D eigenvalue weighted by molar-refractivity contribution is 7.88. The summed E-state index contributed by atoms with van der Waals surface area (Å²) in [6, 6.07) is 24.4. The Hall–Kier alpha value is -3.73. The molecule has 194 valence electrons. The summed E-state index contributed by atoms with van der Waals surface area (Å²) in [4.78, 5) is 4.11. The van der Waals surface area contributed by atoms with E-state index in [0.717, 1.165) is 16.7 Å². The highest BCUT2D eigenvalue weighted by Crippen LogP contribution is 2.21. The van der Waals surface area contributed by atoms with Crippen LogP contribution >= 0.6 is 0 Å². The van der Waals surface area contributed by atoms with Crippen molar-refractivity contribution in [1.29, 1.82) is 0 Å². The SMILES string of the molecule is COc1ccc(CN(Cc2ccc(OC)cc2)S(=O)(=O)c2ncn(CCOCc3ccccc3)n2)cc1. The van der Waals surface area contributed by atoms with E-state index in [2.05, 4.69) is 10.1 Å². The molecule has 0 amide bonds. The zero-order valence-electron chi connectivity index (χ0n) is 20.9. The van der Waals surface area contributed by atoms with Gasteiger partial charge >= 0.3 is 0 Å². The number of hydrogen-bond donors (Lipinski definition) is 0. The Morgan fingerprint density at radius 3 is 1.89 bits per heavy atom. The van der Waals surface area contributed by atoms with Crippen molar-refractivity contribution >= 4 is 10.0 Å². The molecule has 0 aliphatic rings. The molecule has 0 aliphatic carbocycles. The van der Waals surface area contributed by atoms with Gasteiger partial charge in [0.1, 0.15) is 17.8 Å². The summed E-state index contributed by atoms with van der Waals surface area (Å²) in [5, 5.41) is 3.99. The van der Waals surface area contributed by atoms with Gasteiger partial charge < -0.3 is 14.2 Å². The molecule has 0 aliphatic heterocycles. The highest BCUT2D eigenvalue weighted by Gasteiger charge is 2.29. The van der Waals surface area contributed by atoms with E-state index in [-0.39, 0.29) is 18.2 Å². The van der Waals surface area contributed by atoms with Crippen LogP contribution in [0.3, 0.4) is 0 Å². The van der Waals surface area contributed by atoms with Crippen LogP contribution in [0, 0.1) is 0 Å². The van der Waals surface area contributed by atoms with Crippen LogP contribution in [0.4, 0.5) is 0 Å². The molecule has 4 aromatic rings. The standard InChI is InChI=1S/C27H30N4O5S/c1-34-25-12-8-22(9-13-25)18-31(19-23-10-14-26(35-2)15-11-23)37(32,33)27-28-21-30(29-27)16-17-36-20-24-6-4-3-5-7-24/h3-15,21H,16-20H2,1-2H3. The van der Waals surface area contributed by atoms with Gasteiger partial charge in [-0.2, -0.15) is 4.31 Å². The van der Waals surface area contributed by atoms with Crippen molar-refractivity contribution < 1.29 is 22.6 Å². The first-order chi connectivity index (χ1) is 18.0. The molecule has 10 heteroatoms. The summed E-state index contributed by atoms with van der Waals surface area (Å²) in [5.41, 5.74) is 2.69. The number of benzene rings is 3. The van der Waals surface area contributed by atoms with Crippen molar-refractivity contribution in [3.05, 3.63) is 102 Å². The summed E-state index contributed by atoms with van der Waals surface area (Å²) < 4.78 is 46.2. The summed E-state index contributed by atoms with van der Waals surface area (Å²) in [6.45, 7) is 1.52. The number of aromatic nitrogens is 3. The summed E-state index contributed by atoms with van der Waals surface area (Å²) in [7, 11) is -0.820. The zero-order chi connectivity index (χ0) is 26.1. The van der Waals surface area contributed by atoms with Gasteiger partial charge in [0.15, 0.2) is 0 Å². The quantitative estimate of drug-likeness (QED) is 0.246. The molecular formula is C27H30N4O5S. The number of sulfonamides is 1. The maximum atomic E-state index is 13.6. The molecule has 0 saturated carbocycles. The normalized spacial score (nSPS) is 11.5. The van der Waals surface area contributed by atoms with E-state index in [1.54, 1.807) is 38.5 Å². The molecule has 9 nitrogen and oxygen atoms in total. The third kappa shape index (κ3) is 7.16. The van der Waals surface area contributed by atoms with Gasteiger partial charge in [0.2, 0.25) is 0 Å². The molecule has 3 aromatic carbocycles. The predicted molar refractivity (Wildman–Crippen MR) is 139 cm³/mol. The lowest BCUT2D eigenvalue weighted by molar-refractivity contribution is 0.110. The fraction of sp³-hybridized carbons (Fsp3) is 0.259. The van der Waals surface area contributed by atoms with Gasteiger partial charge in [-0.05, 0) is 41.0 Å². The van der Waals surface area contributed by atoms with Crippen LogP contribution in [0.1, 0.15) is 16.7 Å². The second-order valence-electron chi connectivity index (χ2n) is 8.30. The first-order valence-electron chi connectivity index (χ1n) is 11.7. The minimum absolute atomic E-state index is 0.146. The summed E-state index contributed by atoms with van der Waals surface area (Å²) in [6.07, 6.45) is 1.41. The van der Waals surface area contributed by atoms with Crippen molar-refractivity contribution in [2.75, 3.05) is 20.8 Å². The lowest BCUT2D eigenvalue weighted by Gasteiger charge is -2.21. The van der Waals surface area contributed by atoms with Crippen LogP contribution in [0.15, 0.2) is 90.3 Å². The molecule has 4 rings (SSSR count). The minimum Gasteiger partial charge on any atom is -0.497 e. The van der Waals surface area contributed by atoms with Crippen molar-refractivity contribution in [1.82, 2.24) is 19.1 Å². The molecule has 0 N–H and O–H groups in total. The largest absolute Gasteiger partial charge is 0.497 e. The first kappa shape index (κ1) is 26.3. The monoisotopic (exact) mass is 522 g/mol. The Kier molecular flexibility index (Phi) is 8.89. The van der Waals surface area contributed by atoms with Crippen molar-refractivity contribution in [3.8, 4) is 11.5 Å². The highest BCUT2D eigenvalue weighted by atomic mass is 32.2. The third-order valence-electron chi connectivity index (χ3n) is 5.70. The average molecular weight is 523 g/mol. The van der Waals surface area contributed by atoms with Gasteiger partial charge in [0, 0.05) is 13.1 Å². The summed E-state index contributed by atoms with van der Waals surface area (Å²) in [5.74, 6) is 1.39. The lowest BCUT2D eigenvalue weighted by atomic mass is 10.2. The van der Waals surface area contributed by atoms with E-state index >= 15 is 0 Å². The second kappa shape index (κ2) is 12.5. The van der Waals surface area contributed by atoms with Gasteiger partial charge in [-0.1, -0.05) is 54.6 Å². The van der Waals surface area contributed by atoms with Crippen LogP contribution < -0.4 is 9.47 Å². The van der Waals surface area contributed by atoms with Crippen molar-refractivity contribution in [3.63, 3.8) is 0 Å². The Bertz CT molecular complexity index is 1310. The fourth-order valence-corrected chi connectivity index (χ4v) is 4.89. The Morgan fingerprint density at radius 2 is 1.35 bits per heavy atom. The first-order valence-corrected chi connectivity index (χ1v) is 13.2. The van der Waals surface area contributed by atoms with Crippen LogP contribution in [-0.4, -0.2) is 48.3 Å². The zero-order valence-corrected chi connectivity index (χ0v) is 21.7. The molecule has 37 heavy (non-hydrogen) atoms.